The standard InChI is InChI=1S/C25H27BrN2O3/c1-3-27(4-2)16-17-28-23(19-11-13-20(26)14-12-19)22(24(30)25(28)31)21(29)15-10-18-8-6-5-7-9-18/h5-15,23,30H,3-4,16-17H2,1-2H3/b15-10+. The lowest BCUT2D eigenvalue weighted by Gasteiger charge is -2.29. The molecule has 1 aliphatic heterocycles. The fraction of sp³-hybridized carbons (Fsp3) is 0.280. The van der Waals surface area contributed by atoms with Crippen LogP contribution in [0.1, 0.15) is 31.0 Å². The van der Waals surface area contributed by atoms with Crippen LogP contribution in [0.4, 0.5) is 0 Å². The Labute approximate surface area is 191 Å². The first-order valence-corrected chi connectivity index (χ1v) is 11.2. The van der Waals surface area contributed by atoms with Crippen molar-refractivity contribution in [3.63, 3.8) is 0 Å². The average Bonchev–Trinajstić information content (AvgIpc) is 3.04. The van der Waals surface area contributed by atoms with Crippen molar-refractivity contribution in [2.24, 2.45) is 0 Å². The van der Waals surface area contributed by atoms with Gasteiger partial charge in [0.15, 0.2) is 11.5 Å². The zero-order valence-electron chi connectivity index (χ0n) is 17.8. The summed E-state index contributed by atoms with van der Waals surface area (Å²) in [6.45, 7) is 6.96. The highest BCUT2D eigenvalue weighted by molar-refractivity contribution is 9.10. The molecule has 0 aromatic heterocycles. The fourth-order valence-corrected chi connectivity index (χ4v) is 4.01. The lowest BCUT2D eigenvalue weighted by molar-refractivity contribution is -0.129. The van der Waals surface area contributed by atoms with E-state index in [1.165, 1.54) is 6.08 Å². The van der Waals surface area contributed by atoms with E-state index in [-0.39, 0.29) is 11.4 Å². The zero-order chi connectivity index (χ0) is 22.4. The van der Waals surface area contributed by atoms with E-state index >= 15 is 0 Å². The summed E-state index contributed by atoms with van der Waals surface area (Å²) in [5.41, 5.74) is 1.79. The molecule has 5 nitrogen and oxygen atoms in total. The Bertz CT molecular complexity index is 980. The third-order valence-corrected chi connectivity index (χ3v) is 6.06. The van der Waals surface area contributed by atoms with Gasteiger partial charge < -0.3 is 14.9 Å². The zero-order valence-corrected chi connectivity index (χ0v) is 19.4. The molecule has 0 fully saturated rings. The topological polar surface area (TPSA) is 60.9 Å². The van der Waals surface area contributed by atoms with Crippen molar-refractivity contribution < 1.29 is 14.7 Å². The SMILES string of the molecule is CCN(CC)CCN1C(=O)C(O)=C(C(=O)/C=C/c2ccccc2)C1c1ccc(Br)cc1. The second-order valence-corrected chi connectivity index (χ2v) is 8.27. The summed E-state index contributed by atoms with van der Waals surface area (Å²) in [6.07, 6.45) is 3.12. The van der Waals surface area contributed by atoms with Crippen molar-refractivity contribution in [3.8, 4) is 0 Å². The number of aliphatic hydroxyl groups is 1. The maximum absolute atomic E-state index is 13.1. The number of carbonyl (C=O) groups excluding carboxylic acids is 2. The first-order valence-electron chi connectivity index (χ1n) is 10.5. The number of benzene rings is 2. The van der Waals surface area contributed by atoms with Crippen LogP contribution >= 0.6 is 15.9 Å². The number of likely N-dealkylation sites (N-methyl/N-ethyl adjacent to an activating group) is 1. The number of allylic oxidation sites excluding steroid dienone is 1. The largest absolute Gasteiger partial charge is 0.503 e. The monoisotopic (exact) mass is 482 g/mol. The summed E-state index contributed by atoms with van der Waals surface area (Å²) in [5, 5.41) is 10.7. The number of rotatable bonds is 9. The van der Waals surface area contributed by atoms with E-state index in [2.05, 4.69) is 34.7 Å². The van der Waals surface area contributed by atoms with Gasteiger partial charge in [-0.25, -0.2) is 0 Å². The Balaban J connectivity index is 1.94. The van der Waals surface area contributed by atoms with Gasteiger partial charge >= 0.3 is 0 Å². The highest BCUT2D eigenvalue weighted by atomic mass is 79.9. The van der Waals surface area contributed by atoms with Gasteiger partial charge in [0.25, 0.3) is 5.91 Å². The number of hydrogen-bond donors (Lipinski definition) is 1. The number of aliphatic hydroxyl groups excluding tert-OH is 1. The third kappa shape index (κ3) is 5.32. The molecule has 1 heterocycles. The quantitative estimate of drug-likeness (QED) is 0.522. The summed E-state index contributed by atoms with van der Waals surface area (Å²) in [7, 11) is 0. The van der Waals surface area contributed by atoms with Crippen molar-refractivity contribution >= 4 is 33.7 Å². The van der Waals surface area contributed by atoms with Gasteiger partial charge in [-0.15, -0.1) is 0 Å². The third-order valence-electron chi connectivity index (χ3n) is 5.53. The summed E-state index contributed by atoms with van der Waals surface area (Å²) in [6, 6.07) is 16.3. The molecule has 1 aliphatic rings. The molecule has 31 heavy (non-hydrogen) atoms. The van der Waals surface area contributed by atoms with Gasteiger partial charge in [-0.1, -0.05) is 78.3 Å². The molecule has 162 valence electrons. The Morgan fingerprint density at radius 1 is 1.10 bits per heavy atom. The molecule has 2 aromatic carbocycles. The summed E-state index contributed by atoms with van der Waals surface area (Å²) < 4.78 is 0.903. The van der Waals surface area contributed by atoms with Crippen molar-refractivity contribution in [1.82, 2.24) is 9.80 Å². The second-order valence-electron chi connectivity index (χ2n) is 7.35. The number of nitrogens with zero attached hydrogens (tertiary/aromatic N) is 2. The van der Waals surface area contributed by atoms with Crippen LogP contribution < -0.4 is 0 Å². The molecule has 0 saturated heterocycles. The molecule has 1 unspecified atom stereocenters. The second kappa shape index (κ2) is 10.6. The van der Waals surface area contributed by atoms with Crippen molar-refractivity contribution in [1.29, 1.82) is 0 Å². The number of carbonyl (C=O) groups is 2. The lowest BCUT2D eigenvalue weighted by atomic mass is 9.95. The molecule has 0 radical (unpaired) electrons. The van der Waals surface area contributed by atoms with Crippen LogP contribution in [-0.2, 0) is 9.59 Å². The molecule has 0 saturated carbocycles. The summed E-state index contributed by atoms with van der Waals surface area (Å²) in [5.74, 6) is -1.33. The van der Waals surface area contributed by atoms with Gasteiger partial charge in [-0.2, -0.15) is 0 Å². The maximum Gasteiger partial charge on any atom is 0.290 e. The van der Waals surface area contributed by atoms with Gasteiger partial charge in [-0.05, 0) is 42.4 Å². The number of halogens is 1. The number of ketones is 1. The van der Waals surface area contributed by atoms with E-state index in [1.54, 1.807) is 11.0 Å². The Morgan fingerprint density at radius 3 is 2.35 bits per heavy atom. The smallest absolute Gasteiger partial charge is 0.290 e. The fourth-order valence-electron chi connectivity index (χ4n) is 3.74. The van der Waals surface area contributed by atoms with Crippen LogP contribution in [0.3, 0.4) is 0 Å². The van der Waals surface area contributed by atoms with E-state index in [1.807, 2.05) is 54.6 Å². The van der Waals surface area contributed by atoms with Crippen LogP contribution in [0, 0.1) is 0 Å². The van der Waals surface area contributed by atoms with E-state index in [0.29, 0.717) is 13.1 Å². The van der Waals surface area contributed by atoms with Crippen LogP contribution in [-0.4, -0.2) is 52.8 Å². The van der Waals surface area contributed by atoms with E-state index in [9.17, 15) is 14.7 Å². The normalized spacial score (nSPS) is 16.7. The molecule has 3 rings (SSSR count). The lowest BCUT2D eigenvalue weighted by Crippen LogP contribution is -2.38. The van der Waals surface area contributed by atoms with Crippen molar-refractivity contribution in [2.75, 3.05) is 26.2 Å². The van der Waals surface area contributed by atoms with Gasteiger partial charge in [0.1, 0.15) is 0 Å². The molecule has 0 aliphatic carbocycles. The predicted octanol–water partition coefficient (Wildman–Crippen LogP) is 4.77. The molecule has 0 spiro atoms. The van der Waals surface area contributed by atoms with Crippen LogP contribution in [0.5, 0.6) is 0 Å². The van der Waals surface area contributed by atoms with Gasteiger partial charge in [-0.3, -0.25) is 9.59 Å². The first-order chi connectivity index (χ1) is 15.0. The number of amides is 1. The molecule has 0 bridgehead atoms. The molecule has 1 amide bonds. The highest BCUT2D eigenvalue weighted by Crippen LogP contribution is 2.38. The van der Waals surface area contributed by atoms with Gasteiger partial charge in [0.2, 0.25) is 0 Å². The van der Waals surface area contributed by atoms with Crippen LogP contribution in [0.15, 0.2) is 76.5 Å². The van der Waals surface area contributed by atoms with E-state index in [4.69, 9.17) is 0 Å². The minimum Gasteiger partial charge on any atom is -0.503 e. The predicted molar refractivity (Wildman–Crippen MR) is 127 cm³/mol. The molecular weight excluding hydrogens is 456 g/mol. The van der Waals surface area contributed by atoms with E-state index < -0.39 is 17.7 Å². The molecule has 1 atom stereocenters. The molecular formula is C25H27BrN2O3. The average molecular weight is 483 g/mol. The summed E-state index contributed by atoms with van der Waals surface area (Å²) in [4.78, 5) is 29.9. The molecule has 6 heteroatoms. The minimum atomic E-state index is -0.621. The summed E-state index contributed by atoms with van der Waals surface area (Å²) >= 11 is 3.43. The van der Waals surface area contributed by atoms with Crippen LogP contribution in [0.2, 0.25) is 0 Å². The first kappa shape index (κ1) is 23.0. The minimum absolute atomic E-state index is 0.124. The maximum atomic E-state index is 13.1. The Morgan fingerprint density at radius 2 is 1.74 bits per heavy atom. The molecule has 1 N–H and O–H groups in total. The number of hydrogen-bond acceptors (Lipinski definition) is 4. The Kier molecular flexibility index (Phi) is 7.82. The van der Waals surface area contributed by atoms with Crippen molar-refractivity contribution in [3.05, 3.63) is 87.6 Å². The van der Waals surface area contributed by atoms with E-state index in [0.717, 1.165) is 28.7 Å². The van der Waals surface area contributed by atoms with Gasteiger partial charge in [0, 0.05) is 17.6 Å². The van der Waals surface area contributed by atoms with Crippen molar-refractivity contribution in [2.45, 2.75) is 19.9 Å². The Hall–Kier alpha value is -2.70. The molecule has 2 aromatic rings. The van der Waals surface area contributed by atoms with Gasteiger partial charge in [0.05, 0.1) is 11.6 Å². The highest BCUT2D eigenvalue weighted by Gasteiger charge is 2.42. The van der Waals surface area contributed by atoms with Crippen LogP contribution in [0.25, 0.3) is 6.08 Å².